The van der Waals surface area contributed by atoms with Gasteiger partial charge in [0.2, 0.25) is 0 Å². The van der Waals surface area contributed by atoms with Gasteiger partial charge in [0, 0.05) is 22.4 Å². The lowest BCUT2D eigenvalue weighted by molar-refractivity contribution is 0.376. The molecule has 2 aromatic heterocycles. The van der Waals surface area contributed by atoms with E-state index in [0.717, 1.165) is 36.9 Å². The number of nitrogens with zero attached hydrogens (tertiary/aromatic N) is 2. The summed E-state index contributed by atoms with van der Waals surface area (Å²) in [6, 6.07) is 6.34. The van der Waals surface area contributed by atoms with Crippen LogP contribution in [0.2, 0.25) is 0 Å². The van der Waals surface area contributed by atoms with Gasteiger partial charge in [-0.2, -0.15) is 0 Å². The molecule has 0 saturated carbocycles. The van der Waals surface area contributed by atoms with E-state index in [1.165, 1.54) is 9.75 Å². The minimum absolute atomic E-state index is 0.370. The Hall–Kier alpha value is -1.82. The average Bonchev–Trinajstić information content (AvgIpc) is 3.19. The predicted molar refractivity (Wildman–Crippen MR) is 95.9 cm³/mol. The first-order chi connectivity index (χ1) is 11.1. The number of guanidine groups is 1. The predicted octanol–water partition coefficient (Wildman–Crippen LogP) is 3.68. The molecule has 23 heavy (non-hydrogen) atoms. The van der Waals surface area contributed by atoms with Crippen LogP contribution in [0.1, 0.15) is 54.8 Å². The van der Waals surface area contributed by atoms with E-state index < -0.39 is 0 Å². The number of nitrogens with one attached hydrogen (secondary N) is 2. The molecule has 0 aliphatic carbocycles. The zero-order valence-corrected chi connectivity index (χ0v) is 15.2. The van der Waals surface area contributed by atoms with Gasteiger partial charge in [0.15, 0.2) is 11.7 Å². The highest BCUT2D eigenvalue weighted by Gasteiger charge is 2.07. The summed E-state index contributed by atoms with van der Waals surface area (Å²) in [6.07, 6.45) is 1.09. The summed E-state index contributed by atoms with van der Waals surface area (Å²) in [6.45, 7) is 10.5. The number of rotatable bonds is 7. The monoisotopic (exact) mass is 334 g/mol. The Morgan fingerprint density at radius 2 is 2.04 bits per heavy atom. The molecular formula is C17H26N4OS. The topological polar surface area (TPSA) is 62.5 Å². The van der Waals surface area contributed by atoms with Crippen molar-refractivity contribution in [3.63, 3.8) is 0 Å². The molecule has 0 fully saturated rings. The van der Waals surface area contributed by atoms with Crippen molar-refractivity contribution in [3.05, 3.63) is 39.4 Å². The Balaban J connectivity index is 1.93. The molecule has 126 valence electrons. The first kappa shape index (κ1) is 17.5. The van der Waals surface area contributed by atoms with Gasteiger partial charge in [0.1, 0.15) is 6.54 Å². The van der Waals surface area contributed by atoms with Crippen molar-refractivity contribution in [1.29, 1.82) is 0 Å². The molecule has 0 aliphatic heterocycles. The summed E-state index contributed by atoms with van der Waals surface area (Å²) in [4.78, 5) is 7.29. The lowest BCUT2D eigenvalue weighted by atomic mass is 10.1. The van der Waals surface area contributed by atoms with Crippen LogP contribution in [0.4, 0.5) is 0 Å². The molecule has 0 aromatic carbocycles. The summed E-state index contributed by atoms with van der Waals surface area (Å²) in [7, 11) is 0. The summed E-state index contributed by atoms with van der Waals surface area (Å²) in [5.74, 6) is 1.95. The van der Waals surface area contributed by atoms with Gasteiger partial charge in [0.25, 0.3) is 0 Å². The van der Waals surface area contributed by atoms with Crippen LogP contribution in [-0.2, 0) is 19.5 Å². The van der Waals surface area contributed by atoms with Gasteiger partial charge < -0.3 is 15.2 Å². The lowest BCUT2D eigenvalue weighted by Crippen LogP contribution is -2.36. The molecule has 0 amide bonds. The molecule has 2 aromatic rings. The van der Waals surface area contributed by atoms with Crippen molar-refractivity contribution in [2.75, 3.05) is 6.54 Å². The fraction of sp³-hybridized carbons (Fsp3) is 0.529. The minimum Gasteiger partial charge on any atom is -0.359 e. The first-order valence-corrected chi connectivity index (χ1v) is 8.99. The number of hydrogen-bond acceptors (Lipinski definition) is 4. The van der Waals surface area contributed by atoms with Crippen molar-refractivity contribution in [2.24, 2.45) is 4.99 Å². The Bertz CT molecular complexity index is 630. The largest absolute Gasteiger partial charge is 0.359 e. The van der Waals surface area contributed by atoms with Crippen molar-refractivity contribution in [1.82, 2.24) is 15.8 Å². The summed E-state index contributed by atoms with van der Waals surface area (Å²) < 4.78 is 5.32. The van der Waals surface area contributed by atoms with Crippen LogP contribution in [0.15, 0.2) is 27.7 Å². The molecule has 0 unspecified atom stereocenters. The standard InChI is InChI=1S/C17H26N4OS/c1-5-14-7-8-15(23-14)11-20-17(18-6-2)19-10-13-9-16(12(3)4)21-22-13/h7-9,12H,5-6,10-11H2,1-4H3,(H2,18,19,20). The second kappa shape index (κ2) is 8.72. The third kappa shape index (κ3) is 5.39. The van der Waals surface area contributed by atoms with Crippen LogP contribution in [0.3, 0.4) is 0 Å². The van der Waals surface area contributed by atoms with E-state index in [2.05, 4.69) is 60.6 Å². The summed E-state index contributed by atoms with van der Waals surface area (Å²) in [5, 5.41) is 10.7. The van der Waals surface area contributed by atoms with Crippen molar-refractivity contribution < 1.29 is 4.52 Å². The van der Waals surface area contributed by atoms with Crippen LogP contribution in [0.25, 0.3) is 0 Å². The molecule has 0 bridgehead atoms. The highest BCUT2D eigenvalue weighted by molar-refractivity contribution is 7.11. The number of thiophene rings is 1. The van der Waals surface area contributed by atoms with Crippen LogP contribution in [-0.4, -0.2) is 17.7 Å². The molecule has 6 heteroatoms. The molecular weight excluding hydrogens is 308 g/mol. The smallest absolute Gasteiger partial charge is 0.191 e. The highest BCUT2D eigenvalue weighted by atomic mass is 32.1. The van der Waals surface area contributed by atoms with Gasteiger partial charge >= 0.3 is 0 Å². The zero-order valence-electron chi connectivity index (χ0n) is 14.3. The number of hydrogen-bond donors (Lipinski definition) is 2. The van der Waals surface area contributed by atoms with Crippen LogP contribution in [0.5, 0.6) is 0 Å². The zero-order chi connectivity index (χ0) is 16.7. The van der Waals surface area contributed by atoms with Gasteiger partial charge in [-0.3, -0.25) is 0 Å². The molecule has 0 saturated heterocycles. The van der Waals surface area contributed by atoms with E-state index in [1.54, 1.807) is 0 Å². The van der Waals surface area contributed by atoms with E-state index in [4.69, 9.17) is 4.52 Å². The van der Waals surface area contributed by atoms with Gasteiger partial charge in [-0.05, 0) is 31.4 Å². The third-order valence-corrected chi connectivity index (χ3v) is 4.63. The fourth-order valence-corrected chi connectivity index (χ4v) is 2.95. The van der Waals surface area contributed by atoms with E-state index >= 15 is 0 Å². The maximum atomic E-state index is 5.32. The lowest BCUT2D eigenvalue weighted by Gasteiger charge is -2.09. The maximum absolute atomic E-state index is 5.32. The molecule has 5 nitrogen and oxygen atoms in total. The second-order valence-corrected chi connectivity index (χ2v) is 6.90. The Morgan fingerprint density at radius 1 is 1.26 bits per heavy atom. The van der Waals surface area contributed by atoms with Crippen molar-refractivity contribution in [2.45, 2.75) is 53.1 Å². The van der Waals surface area contributed by atoms with Crippen LogP contribution >= 0.6 is 11.3 Å². The summed E-state index contributed by atoms with van der Waals surface area (Å²) >= 11 is 1.84. The number of aliphatic imine (C=N–C) groups is 1. The van der Waals surface area contributed by atoms with Crippen LogP contribution in [0, 0.1) is 0 Å². The van der Waals surface area contributed by atoms with Crippen LogP contribution < -0.4 is 10.6 Å². The number of aromatic nitrogens is 1. The molecule has 0 radical (unpaired) electrons. The first-order valence-electron chi connectivity index (χ1n) is 8.17. The Kier molecular flexibility index (Phi) is 6.65. The molecule has 2 N–H and O–H groups in total. The molecule has 0 spiro atoms. The van der Waals surface area contributed by atoms with Gasteiger partial charge in [-0.25, -0.2) is 4.99 Å². The van der Waals surface area contributed by atoms with E-state index in [9.17, 15) is 0 Å². The Labute approximate surface area is 142 Å². The van der Waals surface area contributed by atoms with Gasteiger partial charge in [0.05, 0.1) is 12.2 Å². The SMILES string of the molecule is CCNC(=NCc1cc(C(C)C)no1)NCc1ccc(CC)s1. The average molecular weight is 334 g/mol. The van der Waals surface area contributed by atoms with Gasteiger partial charge in [-0.15, -0.1) is 11.3 Å². The highest BCUT2D eigenvalue weighted by Crippen LogP contribution is 2.16. The van der Waals surface area contributed by atoms with E-state index in [0.29, 0.717) is 12.5 Å². The van der Waals surface area contributed by atoms with E-state index in [-0.39, 0.29) is 0 Å². The number of aryl methyl sites for hydroxylation is 1. The third-order valence-electron chi connectivity index (χ3n) is 3.40. The fourth-order valence-electron chi connectivity index (χ4n) is 2.05. The molecule has 0 aliphatic rings. The Morgan fingerprint density at radius 3 is 2.65 bits per heavy atom. The van der Waals surface area contributed by atoms with Crippen molar-refractivity contribution >= 4 is 17.3 Å². The normalized spacial score (nSPS) is 12.0. The molecule has 2 heterocycles. The maximum Gasteiger partial charge on any atom is 0.191 e. The van der Waals surface area contributed by atoms with Gasteiger partial charge in [-0.1, -0.05) is 25.9 Å². The molecule has 0 atom stereocenters. The molecule has 2 rings (SSSR count). The second-order valence-electron chi connectivity index (χ2n) is 5.64. The summed E-state index contributed by atoms with van der Waals surface area (Å²) in [5.41, 5.74) is 0.971. The van der Waals surface area contributed by atoms with Crippen molar-refractivity contribution in [3.8, 4) is 0 Å². The minimum atomic E-state index is 0.370. The van der Waals surface area contributed by atoms with E-state index in [1.807, 2.05) is 17.4 Å². The quantitative estimate of drug-likeness (QED) is 0.599.